The van der Waals surface area contributed by atoms with E-state index in [9.17, 15) is 14.3 Å². The summed E-state index contributed by atoms with van der Waals surface area (Å²) >= 11 is 0. The number of pyridine rings is 1. The normalized spacial score (nSPS) is 11.3. The van der Waals surface area contributed by atoms with Crippen LogP contribution in [0.15, 0.2) is 53.8 Å². The van der Waals surface area contributed by atoms with Crippen LogP contribution in [0.4, 0.5) is 10.1 Å². The summed E-state index contributed by atoms with van der Waals surface area (Å²) in [6, 6.07) is 11.7. The summed E-state index contributed by atoms with van der Waals surface area (Å²) in [6.45, 7) is 0. The van der Waals surface area contributed by atoms with Gasteiger partial charge < -0.3 is 9.90 Å². The fourth-order valence-corrected chi connectivity index (χ4v) is 2.02. The minimum atomic E-state index is -1.06. The maximum absolute atomic E-state index is 13.6. The molecule has 1 aromatic heterocycles. The average molecular weight is 314 g/mol. The number of nitrogens with one attached hydrogen (secondary N) is 1. The Bertz CT molecular complexity index is 675. The van der Waals surface area contributed by atoms with E-state index in [1.807, 2.05) is 6.07 Å². The number of benzene rings is 1. The zero-order valence-electron chi connectivity index (χ0n) is 12.5. The van der Waals surface area contributed by atoms with E-state index < -0.39 is 11.8 Å². The first-order chi connectivity index (χ1) is 11.2. The second-order valence-corrected chi connectivity index (χ2v) is 4.94. The van der Waals surface area contributed by atoms with Crippen LogP contribution in [0.25, 0.3) is 0 Å². The smallest absolute Gasteiger partial charge is 0.148 e. The van der Waals surface area contributed by atoms with Crippen molar-refractivity contribution in [2.45, 2.75) is 25.7 Å². The van der Waals surface area contributed by atoms with E-state index in [1.165, 1.54) is 6.07 Å². The summed E-state index contributed by atoms with van der Waals surface area (Å²) in [5.41, 5.74) is 4.30. The van der Waals surface area contributed by atoms with Crippen LogP contribution in [0.3, 0.4) is 0 Å². The number of unbranched alkanes of at least 4 members (excludes halogenated alkanes) is 1. The number of hydrazone groups is 1. The van der Waals surface area contributed by atoms with Gasteiger partial charge in [-0.25, -0.2) is 4.39 Å². The maximum atomic E-state index is 13.6. The van der Waals surface area contributed by atoms with Gasteiger partial charge in [-0.1, -0.05) is 18.2 Å². The van der Waals surface area contributed by atoms with Gasteiger partial charge in [-0.05, 0) is 49.9 Å². The lowest BCUT2D eigenvalue weighted by atomic mass is 10.1. The van der Waals surface area contributed by atoms with E-state index in [1.54, 1.807) is 36.5 Å². The van der Waals surface area contributed by atoms with Crippen LogP contribution in [-0.4, -0.2) is 16.7 Å². The molecule has 2 rings (SSSR count). The molecule has 0 aliphatic heterocycles. The molecule has 0 radical (unpaired) electrons. The molecule has 1 N–H and O–H groups in total. The molecular weight excluding hydrogens is 297 g/mol. The molecule has 1 heterocycles. The molecule has 0 fully saturated rings. The number of aromatic nitrogens is 1. The molecule has 0 atom stereocenters. The number of carbonyl (C=O) groups excluding carboxylic acids is 1. The Labute approximate surface area is 133 Å². The quantitative estimate of drug-likeness (QED) is 0.461. The highest BCUT2D eigenvalue weighted by atomic mass is 19.1. The molecule has 0 bridgehead atoms. The van der Waals surface area contributed by atoms with Crippen molar-refractivity contribution in [3.05, 3.63) is 60.2 Å². The third-order valence-electron chi connectivity index (χ3n) is 3.19. The molecule has 6 heteroatoms. The Balaban J connectivity index is 2.08. The zero-order valence-corrected chi connectivity index (χ0v) is 12.5. The van der Waals surface area contributed by atoms with Crippen molar-refractivity contribution >= 4 is 17.4 Å². The summed E-state index contributed by atoms with van der Waals surface area (Å²) < 4.78 is 13.6. The van der Waals surface area contributed by atoms with Crippen LogP contribution >= 0.6 is 0 Å². The topological polar surface area (TPSA) is 77.4 Å². The fourth-order valence-electron chi connectivity index (χ4n) is 2.02. The number of carbonyl (C=O) groups is 1. The molecule has 120 valence electrons. The number of anilines is 1. The lowest BCUT2D eigenvalue weighted by Gasteiger charge is -2.08. The van der Waals surface area contributed by atoms with Gasteiger partial charge in [-0.3, -0.25) is 10.4 Å². The Morgan fingerprint density at radius 2 is 1.87 bits per heavy atom. The number of nitrogens with zero attached hydrogens (tertiary/aromatic N) is 2. The Morgan fingerprint density at radius 3 is 2.57 bits per heavy atom. The van der Waals surface area contributed by atoms with Crippen LogP contribution in [0.1, 0.15) is 31.4 Å². The Hall–Kier alpha value is -2.76. The minimum Gasteiger partial charge on any atom is -0.550 e. The molecular formula is C17H17FN3O2-. The molecule has 0 amide bonds. The number of carboxylic acid groups (broad SMARTS) is 1. The van der Waals surface area contributed by atoms with E-state index in [-0.39, 0.29) is 12.1 Å². The van der Waals surface area contributed by atoms with Crippen molar-refractivity contribution in [2.24, 2.45) is 5.10 Å². The van der Waals surface area contributed by atoms with Gasteiger partial charge in [0.1, 0.15) is 5.82 Å². The van der Waals surface area contributed by atoms with Gasteiger partial charge in [0, 0.05) is 12.2 Å². The zero-order chi connectivity index (χ0) is 16.5. The van der Waals surface area contributed by atoms with Crippen LogP contribution in [0, 0.1) is 5.82 Å². The Kier molecular flexibility index (Phi) is 6.23. The SMILES string of the molecule is O=C([O-])CCCC/C(=N\Nc1ccccc1F)c1ccccn1. The third kappa shape index (κ3) is 5.50. The molecule has 0 saturated heterocycles. The second-order valence-electron chi connectivity index (χ2n) is 4.94. The van der Waals surface area contributed by atoms with Crippen molar-refractivity contribution in [3.8, 4) is 0 Å². The Morgan fingerprint density at radius 1 is 1.13 bits per heavy atom. The first-order valence-corrected chi connectivity index (χ1v) is 7.35. The molecule has 0 aliphatic rings. The molecule has 0 spiro atoms. The van der Waals surface area contributed by atoms with E-state index in [4.69, 9.17) is 0 Å². The predicted molar refractivity (Wildman–Crippen MR) is 84.3 cm³/mol. The number of halogens is 1. The van der Waals surface area contributed by atoms with E-state index in [2.05, 4.69) is 15.5 Å². The van der Waals surface area contributed by atoms with E-state index >= 15 is 0 Å². The average Bonchev–Trinajstić information content (AvgIpc) is 2.56. The number of rotatable bonds is 8. The van der Waals surface area contributed by atoms with Gasteiger partial charge >= 0.3 is 0 Å². The maximum Gasteiger partial charge on any atom is 0.148 e. The van der Waals surface area contributed by atoms with Gasteiger partial charge in [0.15, 0.2) is 0 Å². The summed E-state index contributed by atoms with van der Waals surface area (Å²) in [7, 11) is 0. The highest BCUT2D eigenvalue weighted by molar-refractivity contribution is 5.99. The lowest BCUT2D eigenvalue weighted by molar-refractivity contribution is -0.305. The predicted octanol–water partition coefficient (Wildman–Crippen LogP) is 2.35. The summed E-state index contributed by atoms with van der Waals surface area (Å²) in [6.07, 6.45) is 3.31. The van der Waals surface area contributed by atoms with Gasteiger partial charge in [0.25, 0.3) is 0 Å². The number of carboxylic acids is 1. The lowest BCUT2D eigenvalue weighted by Crippen LogP contribution is -2.21. The summed E-state index contributed by atoms with van der Waals surface area (Å²) in [4.78, 5) is 14.7. The first-order valence-electron chi connectivity index (χ1n) is 7.35. The summed E-state index contributed by atoms with van der Waals surface area (Å²) in [5, 5.41) is 14.7. The third-order valence-corrected chi connectivity index (χ3v) is 3.19. The van der Waals surface area contributed by atoms with Gasteiger partial charge in [-0.15, -0.1) is 0 Å². The number of aliphatic carboxylic acids is 1. The van der Waals surface area contributed by atoms with E-state index in [0.29, 0.717) is 30.7 Å². The second kappa shape index (κ2) is 8.63. The molecule has 0 unspecified atom stereocenters. The van der Waals surface area contributed by atoms with Crippen LogP contribution in [-0.2, 0) is 4.79 Å². The molecule has 2 aromatic rings. The van der Waals surface area contributed by atoms with Crippen LogP contribution < -0.4 is 10.5 Å². The van der Waals surface area contributed by atoms with Crippen LogP contribution in [0.2, 0.25) is 0 Å². The van der Waals surface area contributed by atoms with Crippen molar-refractivity contribution in [3.63, 3.8) is 0 Å². The fraction of sp³-hybridized carbons (Fsp3) is 0.235. The highest BCUT2D eigenvalue weighted by Crippen LogP contribution is 2.14. The van der Waals surface area contributed by atoms with Gasteiger partial charge in [0.05, 0.1) is 17.1 Å². The molecule has 0 aliphatic carbocycles. The molecule has 5 nitrogen and oxygen atoms in total. The van der Waals surface area contributed by atoms with Gasteiger partial charge in [0.2, 0.25) is 0 Å². The summed E-state index contributed by atoms with van der Waals surface area (Å²) in [5.74, 6) is -1.46. The standard InChI is InChI=1S/C17H18FN3O2/c18-13-7-1-2-8-14(13)20-21-16(10-3-4-11-17(22)23)15-9-5-6-12-19-15/h1-2,5-9,12,20H,3-4,10-11H2,(H,22,23)/p-1/b21-16+. The number of para-hydroxylation sites is 1. The molecule has 23 heavy (non-hydrogen) atoms. The molecule has 1 aromatic carbocycles. The highest BCUT2D eigenvalue weighted by Gasteiger charge is 2.06. The first kappa shape index (κ1) is 16.6. The number of hydrogen-bond acceptors (Lipinski definition) is 5. The number of hydrogen-bond donors (Lipinski definition) is 1. The van der Waals surface area contributed by atoms with Crippen molar-refractivity contribution < 1.29 is 14.3 Å². The monoisotopic (exact) mass is 314 g/mol. The van der Waals surface area contributed by atoms with E-state index in [0.717, 1.165) is 0 Å². The molecule has 0 saturated carbocycles. The van der Waals surface area contributed by atoms with Crippen molar-refractivity contribution in [2.75, 3.05) is 5.43 Å². The van der Waals surface area contributed by atoms with Crippen molar-refractivity contribution in [1.29, 1.82) is 0 Å². The van der Waals surface area contributed by atoms with Crippen LogP contribution in [0.5, 0.6) is 0 Å². The minimum absolute atomic E-state index is 0.0102. The van der Waals surface area contributed by atoms with Gasteiger partial charge in [-0.2, -0.15) is 5.10 Å². The van der Waals surface area contributed by atoms with Crippen molar-refractivity contribution in [1.82, 2.24) is 4.98 Å². The largest absolute Gasteiger partial charge is 0.550 e.